The summed E-state index contributed by atoms with van der Waals surface area (Å²) in [5.74, 6) is 0.852. The van der Waals surface area contributed by atoms with Crippen LogP contribution in [-0.2, 0) is 4.52 Å². The van der Waals surface area contributed by atoms with Gasteiger partial charge in [-0.05, 0) is 32.9 Å². The summed E-state index contributed by atoms with van der Waals surface area (Å²) in [6.07, 6.45) is 0. The molecule has 0 saturated heterocycles. The van der Waals surface area contributed by atoms with Crippen LogP contribution in [0, 0.1) is 0 Å². The standard InChI is InChI=1S/C10H15O2P/c1-10(2,3)12-13-11-9-7-5-4-6-8-9/h4-8,13H,1-3H3. The Morgan fingerprint density at radius 2 is 1.69 bits per heavy atom. The number of hydrogen-bond acceptors (Lipinski definition) is 2. The average Bonchev–Trinajstić information content (AvgIpc) is 2.04. The Hall–Kier alpha value is -0.590. The molecule has 0 saturated carbocycles. The molecule has 1 rings (SSSR count). The van der Waals surface area contributed by atoms with Crippen LogP contribution in [0.5, 0.6) is 5.75 Å². The molecule has 72 valence electrons. The summed E-state index contributed by atoms with van der Waals surface area (Å²) < 4.78 is 10.8. The molecule has 0 heterocycles. The van der Waals surface area contributed by atoms with Crippen LogP contribution in [0.3, 0.4) is 0 Å². The van der Waals surface area contributed by atoms with Crippen LogP contribution < -0.4 is 4.52 Å². The Morgan fingerprint density at radius 3 is 2.23 bits per heavy atom. The third kappa shape index (κ3) is 4.87. The van der Waals surface area contributed by atoms with E-state index >= 15 is 0 Å². The Morgan fingerprint density at radius 1 is 1.08 bits per heavy atom. The van der Waals surface area contributed by atoms with E-state index in [9.17, 15) is 0 Å². The van der Waals surface area contributed by atoms with Crippen molar-refractivity contribution in [2.24, 2.45) is 0 Å². The third-order valence-electron chi connectivity index (χ3n) is 1.25. The van der Waals surface area contributed by atoms with Gasteiger partial charge in [-0.1, -0.05) is 18.2 Å². The quantitative estimate of drug-likeness (QED) is 0.693. The monoisotopic (exact) mass is 198 g/mol. The molecule has 1 atom stereocenters. The Bertz CT molecular complexity index is 241. The molecule has 0 aromatic heterocycles. The van der Waals surface area contributed by atoms with Crippen LogP contribution in [0.25, 0.3) is 0 Å². The minimum absolute atomic E-state index is 0.0611. The fourth-order valence-electron chi connectivity index (χ4n) is 0.682. The fraction of sp³-hybridized carbons (Fsp3) is 0.400. The van der Waals surface area contributed by atoms with Gasteiger partial charge in [-0.3, -0.25) is 0 Å². The van der Waals surface area contributed by atoms with Crippen LogP contribution in [0.15, 0.2) is 30.3 Å². The van der Waals surface area contributed by atoms with Crippen LogP contribution in [-0.4, -0.2) is 5.60 Å². The number of rotatable bonds is 3. The van der Waals surface area contributed by atoms with E-state index in [1.54, 1.807) is 0 Å². The van der Waals surface area contributed by atoms with Crippen molar-refractivity contribution in [2.45, 2.75) is 26.4 Å². The number of benzene rings is 1. The van der Waals surface area contributed by atoms with E-state index in [1.807, 2.05) is 51.1 Å². The molecule has 0 bridgehead atoms. The summed E-state index contributed by atoms with van der Waals surface area (Å²) in [5.41, 5.74) is -0.132. The van der Waals surface area contributed by atoms with Gasteiger partial charge in [-0.25, -0.2) is 0 Å². The summed E-state index contributed by atoms with van der Waals surface area (Å²) >= 11 is 0. The Labute approximate surface area is 81.2 Å². The van der Waals surface area contributed by atoms with Gasteiger partial charge in [0.15, 0.2) is 0 Å². The first-order valence-electron chi connectivity index (χ1n) is 4.23. The van der Waals surface area contributed by atoms with Gasteiger partial charge >= 0.3 is 0 Å². The van der Waals surface area contributed by atoms with E-state index in [1.165, 1.54) is 0 Å². The zero-order valence-electron chi connectivity index (χ0n) is 8.20. The summed E-state index contributed by atoms with van der Waals surface area (Å²) in [4.78, 5) is 0. The van der Waals surface area contributed by atoms with Crippen molar-refractivity contribution in [2.75, 3.05) is 0 Å². The third-order valence-corrected chi connectivity index (χ3v) is 2.27. The fourth-order valence-corrected chi connectivity index (χ4v) is 1.21. The van der Waals surface area contributed by atoms with Crippen LogP contribution in [0.2, 0.25) is 0 Å². The first-order chi connectivity index (χ1) is 6.08. The van der Waals surface area contributed by atoms with Crippen molar-refractivity contribution >= 4 is 9.03 Å². The highest BCUT2D eigenvalue weighted by molar-refractivity contribution is 7.26. The maximum atomic E-state index is 5.44. The highest BCUT2D eigenvalue weighted by atomic mass is 31.1. The molecule has 0 N–H and O–H groups in total. The normalized spacial score (nSPS) is 12.2. The lowest BCUT2D eigenvalue weighted by molar-refractivity contribution is 0.143. The molecule has 0 fully saturated rings. The van der Waals surface area contributed by atoms with Crippen LogP contribution in [0.1, 0.15) is 20.8 Å². The average molecular weight is 198 g/mol. The minimum Gasteiger partial charge on any atom is -0.450 e. The molecule has 0 aliphatic heterocycles. The summed E-state index contributed by atoms with van der Waals surface area (Å²) in [7, 11) is 0.0611. The number of hydrogen-bond donors (Lipinski definition) is 0. The molecule has 1 unspecified atom stereocenters. The molecule has 0 spiro atoms. The molecular formula is C10H15O2P. The van der Waals surface area contributed by atoms with Crippen molar-refractivity contribution in [1.29, 1.82) is 0 Å². The molecule has 0 amide bonds. The van der Waals surface area contributed by atoms with Crippen LogP contribution >= 0.6 is 9.03 Å². The van der Waals surface area contributed by atoms with Gasteiger partial charge in [-0.2, -0.15) is 0 Å². The van der Waals surface area contributed by atoms with E-state index in [2.05, 4.69) is 0 Å². The first kappa shape index (κ1) is 10.5. The molecule has 1 aromatic carbocycles. The molecule has 1 aromatic rings. The van der Waals surface area contributed by atoms with Crippen LogP contribution in [0.4, 0.5) is 0 Å². The Balaban J connectivity index is 2.29. The smallest absolute Gasteiger partial charge is 0.215 e. The van der Waals surface area contributed by atoms with Crippen molar-refractivity contribution in [3.8, 4) is 5.75 Å². The van der Waals surface area contributed by atoms with Gasteiger partial charge in [-0.15, -0.1) is 0 Å². The maximum Gasteiger partial charge on any atom is 0.215 e. The molecule has 0 aliphatic carbocycles. The summed E-state index contributed by atoms with van der Waals surface area (Å²) in [6.45, 7) is 6.02. The van der Waals surface area contributed by atoms with E-state index in [-0.39, 0.29) is 14.6 Å². The van der Waals surface area contributed by atoms with Gasteiger partial charge in [0.1, 0.15) is 5.75 Å². The molecule has 0 radical (unpaired) electrons. The van der Waals surface area contributed by atoms with E-state index in [0.29, 0.717) is 0 Å². The van der Waals surface area contributed by atoms with Crippen molar-refractivity contribution in [1.82, 2.24) is 0 Å². The SMILES string of the molecule is CC(C)(C)OPOc1ccccc1. The van der Waals surface area contributed by atoms with E-state index < -0.39 is 0 Å². The second-order valence-corrected chi connectivity index (χ2v) is 4.29. The van der Waals surface area contributed by atoms with E-state index in [4.69, 9.17) is 9.05 Å². The van der Waals surface area contributed by atoms with Crippen molar-refractivity contribution in [3.63, 3.8) is 0 Å². The largest absolute Gasteiger partial charge is 0.450 e. The molecular weight excluding hydrogens is 183 g/mol. The van der Waals surface area contributed by atoms with Gasteiger partial charge < -0.3 is 9.05 Å². The van der Waals surface area contributed by atoms with E-state index in [0.717, 1.165) is 5.75 Å². The zero-order valence-corrected chi connectivity index (χ0v) is 9.20. The Kier molecular flexibility index (Phi) is 3.71. The molecule has 13 heavy (non-hydrogen) atoms. The lowest BCUT2D eigenvalue weighted by Gasteiger charge is -2.18. The second-order valence-electron chi connectivity index (χ2n) is 3.71. The second kappa shape index (κ2) is 4.59. The minimum atomic E-state index is -0.132. The topological polar surface area (TPSA) is 18.5 Å². The highest BCUT2D eigenvalue weighted by Gasteiger charge is 2.10. The first-order valence-corrected chi connectivity index (χ1v) is 5.04. The summed E-state index contributed by atoms with van der Waals surface area (Å²) in [5, 5.41) is 0. The zero-order chi connectivity index (χ0) is 9.73. The van der Waals surface area contributed by atoms with Crippen molar-refractivity contribution < 1.29 is 9.05 Å². The number of para-hydroxylation sites is 1. The lowest BCUT2D eigenvalue weighted by Crippen LogP contribution is -2.14. The van der Waals surface area contributed by atoms with Gasteiger partial charge in [0, 0.05) is 0 Å². The lowest BCUT2D eigenvalue weighted by atomic mass is 10.2. The predicted molar refractivity (Wildman–Crippen MR) is 56.2 cm³/mol. The highest BCUT2D eigenvalue weighted by Crippen LogP contribution is 2.26. The summed E-state index contributed by atoms with van der Waals surface area (Å²) in [6, 6.07) is 9.67. The maximum absolute atomic E-state index is 5.44. The van der Waals surface area contributed by atoms with Gasteiger partial charge in [0.25, 0.3) is 0 Å². The van der Waals surface area contributed by atoms with Gasteiger partial charge in [0.05, 0.1) is 5.60 Å². The molecule has 0 aliphatic rings. The molecule has 2 nitrogen and oxygen atoms in total. The van der Waals surface area contributed by atoms with Gasteiger partial charge in [0.2, 0.25) is 9.03 Å². The molecule has 3 heteroatoms. The predicted octanol–water partition coefficient (Wildman–Crippen LogP) is 3.39. The van der Waals surface area contributed by atoms with Crippen molar-refractivity contribution in [3.05, 3.63) is 30.3 Å².